The fraction of sp³-hybridized carbons (Fsp3) is 0.325. The molecule has 2 aromatic carbocycles. The summed E-state index contributed by atoms with van der Waals surface area (Å²) >= 11 is 1.58. The molecule has 0 amide bonds. The summed E-state index contributed by atoms with van der Waals surface area (Å²) in [7, 11) is 0. The van der Waals surface area contributed by atoms with Gasteiger partial charge in [0.15, 0.2) is 0 Å². The van der Waals surface area contributed by atoms with Crippen molar-refractivity contribution in [3.63, 3.8) is 0 Å². The second-order valence-electron chi connectivity index (χ2n) is 11.6. The molecule has 3 nitrogen and oxygen atoms in total. The molecule has 1 radical (unpaired) electrons. The van der Waals surface area contributed by atoms with Gasteiger partial charge in [-0.2, -0.15) is 11.3 Å². The van der Waals surface area contributed by atoms with E-state index in [0.717, 1.165) is 50.0 Å². The van der Waals surface area contributed by atoms with E-state index in [1.807, 2.05) is 24.5 Å². The van der Waals surface area contributed by atoms with Crippen molar-refractivity contribution < 1.29 is 28.3 Å². The number of rotatable bonds is 6. The Balaban J connectivity index is 0.000000226. The van der Waals surface area contributed by atoms with Crippen LogP contribution in [0, 0.1) is 25.9 Å². The van der Waals surface area contributed by atoms with Crippen LogP contribution in [0.4, 0.5) is 0 Å². The van der Waals surface area contributed by atoms with Crippen molar-refractivity contribution in [1.29, 1.82) is 0 Å². The van der Waals surface area contributed by atoms with Gasteiger partial charge in [-0.3, -0.25) is 4.98 Å². The molecule has 4 aromatic heterocycles. The molecule has 7 rings (SSSR count). The van der Waals surface area contributed by atoms with E-state index in [1.165, 1.54) is 43.2 Å². The fourth-order valence-corrected chi connectivity index (χ4v) is 7.54. The molecule has 45 heavy (non-hydrogen) atoms. The number of nitrogens with zero attached hydrogens (tertiary/aromatic N) is 3. The number of aromatic nitrogens is 3. The van der Waals surface area contributed by atoms with Gasteiger partial charge in [-0.1, -0.05) is 81.5 Å². The van der Waals surface area contributed by atoms with Gasteiger partial charge < -0.3 is 9.97 Å². The number of hydrogen-bond acceptors (Lipinski definition) is 4. The Kier molecular flexibility index (Phi) is 8.84. The minimum Gasteiger partial charge on any atom is -0.304 e. The first kappa shape index (κ1) is 25.9. The minimum absolute atomic E-state index is 0. The van der Waals surface area contributed by atoms with Crippen molar-refractivity contribution in [2.24, 2.45) is 0 Å². The topological polar surface area (TPSA) is 38.7 Å². The monoisotopic (exact) mass is 794 g/mol. The van der Waals surface area contributed by atoms with E-state index >= 15 is 0 Å². The summed E-state index contributed by atoms with van der Waals surface area (Å²) in [5, 5.41) is 2.09. The maximum atomic E-state index is 8.45. The zero-order chi connectivity index (χ0) is 35.6. The maximum Gasteiger partial charge on any atom is 0.0832 e. The van der Waals surface area contributed by atoms with Crippen molar-refractivity contribution >= 4 is 31.5 Å². The molecule has 233 valence electrons. The van der Waals surface area contributed by atoms with Crippen molar-refractivity contribution in [3.05, 3.63) is 114 Å². The van der Waals surface area contributed by atoms with E-state index in [-0.39, 0.29) is 31.8 Å². The standard InChI is InChI=1S/C23H21N2S.C17H20N.Ir/c1-15-10-11-20(25-14-15)19-9-5-8-17-18-12-13-24-21(23(18)26-22(17)19)16-6-3-2-4-7-16;1-4-14(5-2)15-7-9-16(10-8-15)17-11-6-13(3)12-18-17;/h5,8,10-14,16H,2-4,6-7H2,1H3;6-9,11-12,14H,4-5H2,1-3H3;/q2*-1;/i1D3,10D,11D,14D;;. The van der Waals surface area contributed by atoms with Gasteiger partial charge >= 0.3 is 0 Å². The molecular formula is C40H41IrN3S-2. The Morgan fingerprint density at radius 2 is 1.71 bits per heavy atom. The van der Waals surface area contributed by atoms with Crippen LogP contribution in [0.2, 0.25) is 0 Å². The fourth-order valence-electron chi connectivity index (χ4n) is 6.18. The van der Waals surface area contributed by atoms with Crippen LogP contribution < -0.4 is 0 Å². The Hall–Kier alpha value is -3.24. The summed E-state index contributed by atoms with van der Waals surface area (Å²) in [6, 6.07) is 22.1. The largest absolute Gasteiger partial charge is 0.304 e. The summed E-state index contributed by atoms with van der Waals surface area (Å²) in [6.07, 6.45) is 11.6. The first-order valence-corrected chi connectivity index (χ1v) is 16.5. The smallest absolute Gasteiger partial charge is 0.0832 e. The summed E-state index contributed by atoms with van der Waals surface area (Å²) in [4.78, 5) is 13.3. The molecule has 4 heterocycles. The zero-order valence-corrected chi connectivity index (χ0v) is 29.2. The van der Waals surface area contributed by atoms with Gasteiger partial charge in [-0.15, -0.1) is 59.2 Å². The van der Waals surface area contributed by atoms with Gasteiger partial charge in [0.25, 0.3) is 0 Å². The van der Waals surface area contributed by atoms with Gasteiger partial charge in [0.05, 0.1) is 9.81 Å². The van der Waals surface area contributed by atoms with E-state index in [9.17, 15) is 0 Å². The number of pyridine rings is 3. The van der Waals surface area contributed by atoms with E-state index in [4.69, 9.17) is 13.2 Å². The van der Waals surface area contributed by atoms with Crippen LogP contribution in [0.3, 0.4) is 0 Å². The Morgan fingerprint density at radius 1 is 0.889 bits per heavy atom. The molecule has 0 saturated heterocycles. The number of fused-ring (bicyclic) bond motifs is 3. The number of thiophene rings is 1. The van der Waals surface area contributed by atoms with Gasteiger partial charge in [0.2, 0.25) is 0 Å². The second-order valence-corrected chi connectivity index (χ2v) is 12.6. The number of aryl methyl sites for hydroxylation is 1. The minimum atomic E-state index is -2.66. The average molecular weight is 794 g/mol. The third-order valence-corrected chi connectivity index (χ3v) is 9.93. The van der Waals surface area contributed by atoms with E-state index < -0.39 is 24.6 Å². The van der Waals surface area contributed by atoms with Gasteiger partial charge in [0, 0.05) is 53.4 Å². The van der Waals surface area contributed by atoms with Crippen LogP contribution in [0.25, 0.3) is 42.7 Å². The normalized spacial score (nSPS) is 15.6. The summed E-state index contributed by atoms with van der Waals surface area (Å²) in [5.41, 5.74) is 5.93. The Morgan fingerprint density at radius 3 is 2.42 bits per heavy atom. The molecule has 1 aliphatic carbocycles. The molecule has 6 aromatic rings. The first-order chi connectivity index (χ1) is 24.0. The maximum absolute atomic E-state index is 8.45. The predicted octanol–water partition coefficient (Wildman–Crippen LogP) is 11.4. The van der Waals surface area contributed by atoms with Crippen LogP contribution >= 0.6 is 11.3 Å². The van der Waals surface area contributed by atoms with Crippen molar-refractivity contribution in [2.45, 2.75) is 84.4 Å². The van der Waals surface area contributed by atoms with Crippen LogP contribution in [0.1, 0.15) is 101 Å². The van der Waals surface area contributed by atoms with E-state index in [1.54, 1.807) is 17.4 Å². The van der Waals surface area contributed by atoms with Crippen molar-refractivity contribution in [2.75, 3.05) is 0 Å². The predicted molar refractivity (Wildman–Crippen MR) is 186 cm³/mol. The molecule has 0 unspecified atom stereocenters. The van der Waals surface area contributed by atoms with E-state index in [0.29, 0.717) is 17.4 Å². The third kappa shape index (κ3) is 7.43. The van der Waals surface area contributed by atoms with E-state index in [2.05, 4.69) is 73.2 Å². The molecule has 0 aliphatic heterocycles. The number of benzene rings is 2. The van der Waals surface area contributed by atoms with Gasteiger partial charge in [-0.05, 0) is 65.3 Å². The molecule has 1 aliphatic rings. The quantitative estimate of drug-likeness (QED) is 0.158. The molecule has 1 fully saturated rings. The molecule has 0 atom stereocenters. The molecule has 0 bridgehead atoms. The zero-order valence-electron chi connectivity index (χ0n) is 32.0. The van der Waals surface area contributed by atoms with Crippen LogP contribution in [-0.4, -0.2) is 15.0 Å². The van der Waals surface area contributed by atoms with Crippen LogP contribution in [0.5, 0.6) is 0 Å². The Labute approximate surface area is 294 Å². The molecule has 0 spiro atoms. The number of hydrogen-bond donors (Lipinski definition) is 0. The van der Waals surface area contributed by atoms with Crippen LogP contribution in [-0.2, 0) is 20.1 Å². The second kappa shape index (κ2) is 15.4. The first-order valence-electron chi connectivity index (χ1n) is 18.7. The van der Waals surface area contributed by atoms with Crippen molar-refractivity contribution in [3.8, 4) is 22.5 Å². The molecular weight excluding hydrogens is 747 g/mol. The molecule has 1 saturated carbocycles. The molecule has 5 heteroatoms. The van der Waals surface area contributed by atoms with Gasteiger partial charge in [-0.25, -0.2) is 0 Å². The third-order valence-electron chi connectivity index (χ3n) is 8.67. The van der Waals surface area contributed by atoms with Gasteiger partial charge in [0.1, 0.15) is 0 Å². The SMILES string of the molecule is CCC(CC)c1c[c-]c(-c2ccc(C)cn2)cc1.[2H]c1nc(-c2[c-]ccc3c2sc2c(C4CCCCC4)nccc23)c([2H])c([2H])c1C([2H])([2H])[2H].[Ir]. The Bertz CT molecular complexity index is 2100. The average Bonchev–Trinajstić information content (AvgIpc) is 3.51. The summed E-state index contributed by atoms with van der Waals surface area (Å²) < 4.78 is 49.7. The summed E-state index contributed by atoms with van der Waals surface area (Å²) in [5.74, 6) is 1.09. The van der Waals surface area contributed by atoms with Crippen molar-refractivity contribution in [1.82, 2.24) is 15.0 Å². The molecule has 0 N–H and O–H groups in total. The summed E-state index contributed by atoms with van der Waals surface area (Å²) in [6.45, 7) is 3.87. The van der Waals surface area contributed by atoms with Crippen LogP contribution in [0.15, 0.2) is 79.2 Å².